The van der Waals surface area contributed by atoms with Crippen molar-refractivity contribution in [2.24, 2.45) is 5.73 Å². The molecular weight excluding hydrogens is 240 g/mol. The molecular formula is C11H14N2O3S. The van der Waals surface area contributed by atoms with Gasteiger partial charge in [0.25, 0.3) is 5.19 Å². The van der Waals surface area contributed by atoms with Gasteiger partial charge in [-0.15, -0.1) is 0 Å². The predicted octanol–water partition coefficient (Wildman–Crippen LogP) is 1.55. The highest BCUT2D eigenvalue weighted by Gasteiger charge is 2.24. The summed E-state index contributed by atoms with van der Waals surface area (Å²) in [6.07, 6.45) is 5.69. The highest BCUT2D eigenvalue weighted by Crippen LogP contribution is 2.30. The van der Waals surface area contributed by atoms with E-state index >= 15 is 0 Å². The number of nitrogens with two attached hydrogens (primary N) is 1. The van der Waals surface area contributed by atoms with Gasteiger partial charge in [0.1, 0.15) is 11.8 Å². The van der Waals surface area contributed by atoms with Gasteiger partial charge in [-0.05, 0) is 25.8 Å². The molecule has 0 radical (unpaired) electrons. The molecule has 0 saturated heterocycles. The molecule has 1 aromatic rings. The highest BCUT2D eigenvalue weighted by atomic mass is 32.1. The lowest BCUT2D eigenvalue weighted by Gasteiger charge is -1.99. The molecule has 0 atom stereocenters. The van der Waals surface area contributed by atoms with Crippen molar-refractivity contribution >= 4 is 23.4 Å². The third-order valence-corrected chi connectivity index (χ3v) is 2.94. The van der Waals surface area contributed by atoms with E-state index in [0.29, 0.717) is 17.9 Å². The second-order valence-electron chi connectivity index (χ2n) is 3.67. The number of esters is 1. The van der Waals surface area contributed by atoms with E-state index < -0.39 is 5.97 Å². The Balaban J connectivity index is 1.98. The maximum absolute atomic E-state index is 11.3. The Bertz CT molecular complexity index is 438. The molecule has 92 valence electrons. The van der Waals surface area contributed by atoms with Crippen molar-refractivity contribution in [3.63, 3.8) is 0 Å². The number of hydrogen-bond donors (Lipinski definition) is 1. The van der Waals surface area contributed by atoms with Gasteiger partial charge in [-0.2, -0.15) is 0 Å². The first kappa shape index (κ1) is 11.9. The SMILES string of the molecule is CCOC(=O)/C(N)=C/c1cnc(OC2CC2)s1. The molecule has 5 nitrogen and oxygen atoms in total. The molecule has 0 amide bonds. The summed E-state index contributed by atoms with van der Waals surface area (Å²) in [5, 5.41) is 0.621. The van der Waals surface area contributed by atoms with Crippen molar-refractivity contribution in [2.75, 3.05) is 6.61 Å². The van der Waals surface area contributed by atoms with Gasteiger partial charge < -0.3 is 15.2 Å². The number of carbonyl (C=O) groups excluding carboxylic acids is 1. The van der Waals surface area contributed by atoms with Crippen LogP contribution in [0.2, 0.25) is 0 Å². The van der Waals surface area contributed by atoms with E-state index in [1.807, 2.05) is 0 Å². The van der Waals surface area contributed by atoms with Crippen molar-refractivity contribution in [1.82, 2.24) is 4.98 Å². The largest absolute Gasteiger partial charge is 0.467 e. The van der Waals surface area contributed by atoms with Crippen LogP contribution in [0.15, 0.2) is 11.9 Å². The van der Waals surface area contributed by atoms with Crippen LogP contribution < -0.4 is 10.5 Å². The van der Waals surface area contributed by atoms with Crippen LogP contribution in [-0.2, 0) is 9.53 Å². The van der Waals surface area contributed by atoms with Gasteiger partial charge in [-0.1, -0.05) is 11.3 Å². The summed E-state index contributed by atoms with van der Waals surface area (Å²) in [6.45, 7) is 2.05. The molecule has 2 N–H and O–H groups in total. The molecule has 0 aliphatic heterocycles. The third-order valence-electron chi connectivity index (χ3n) is 2.10. The molecule has 0 spiro atoms. The fourth-order valence-corrected chi connectivity index (χ4v) is 1.93. The molecule has 1 aliphatic carbocycles. The van der Waals surface area contributed by atoms with Crippen LogP contribution >= 0.6 is 11.3 Å². The molecule has 17 heavy (non-hydrogen) atoms. The minimum Gasteiger partial charge on any atom is -0.467 e. The second-order valence-corrected chi connectivity index (χ2v) is 4.69. The van der Waals surface area contributed by atoms with Crippen molar-refractivity contribution in [3.05, 3.63) is 16.8 Å². The van der Waals surface area contributed by atoms with Gasteiger partial charge in [-0.3, -0.25) is 0 Å². The zero-order chi connectivity index (χ0) is 12.3. The topological polar surface area (TPSA) is 74.4 Å². The van der Waals surface area contributed by atoms with Gasteiger partial charge in [-0.25, -0.2) is 9.78 Å². The number of rotatable bonds is 5. The summed E-state index contributed by atoms with van der Waals surface area (Å²) < 4.78 is 10.3. The molecule has 6 heteroatoms. The Morgan fingerprint density at radius 2 is 2.47 bits per heavy atom. The highest BCUT2D eigenvalue weighted by molar-refractivity contribution is 7.14. The van der Waals surface area contributed by atoms with Gasteiger partial charge in [0.15, 0.2) is 0 Å². The van der Waals surface area contributed by atoms with Crippen molar-refractivity contribution in [1.29, 1.82) is 0 Å². The van der Waals surface area contributed by atoms with E-state index in [-0.39, 0.29) is 5.70 Å². The summed E-state index contributed by atoms with van der Waals surface area (Å²) in [5.74, 6) is -0.509. The van der Waals surface area contributed by atoms with Gasteiger partial charge >= 0.3 is 5.97 Å². The molecule has 0 bridgehead atoms. The zero-order valence-corrected chi connectivity index (χ0v) is 10.3. The van der Waals surface area contributed by atoms with Crippen LogP contribution in [0, 0.1) is 0 Å². The number of carbonyl (C=O) groups is 1. The van der Waals surface area contributed by atoms with Crippen LogP contribution in [0.4, 0.5) is 0 Å². The molecule has 1 saturated carbocycles. The number of thiazole rings is 1. The van der Waals surface area contributed by atoms with Crippen molar-refractivity contribution < 1.29 is 14.3 Å². The van der Waals surface area contributed by atoms with E-state index in [0.717, 1.165) is 17.7 Å². The normalized spacial score (nSPS) is 15.7. The van der Waals surface area contributed by atoms with Crippen molar-refractivity contribution in [2.45, 2.75) is 25.9 Å². The Morgan fingerprint density at radius 3 is 3.12 bits per heavy atom. The van der Waals surface area contributed by atoms with Crippen LogP contribution in [-0.4, -0.2) is 23.7 Å². The fraction of sp³-hybridized carbons (Fsp3) is 0.455. The summed E-state index contributed by atoms with van der Waals surface area (Å²) in [4.78, 5) is 16.2. The van der Waals surface area contributed by atoms with E-state index in [2.05, 4.69) is 4.98 Å². The Labute approximate surface area is 103 Å². The maximum Gasteiger partial charge on any atom is 0.354 e. The Kier molecular flexibility index (Phi) is 3.63. The van der Waals surface area contributed by atoms with E-state index in [1.165, 1.54) is 11.3 Å². The summed E-state index contributed by atoms with van der Waals surface area (Å²) in [7, 11) is 0. The Morgan fingerprint density at radius 1 is 1.71 bits per heavy atom. The van der Waals surface area contributed by atoms with Gasteiger partial charge in [0.2, 0.25) is 0 Å². The van der Waals surface area contributed by atoms with Crippen LogP contribution in [0.3, 0.4) is 0 Å². The minimum absolute atomic E-state index is 0.0773. The lowest BCUT2D eigenvalue weighted by Crippen LogP contribution is -2.14. The monoisotopic (exact) mass is 254 g/mol. The van der Waals surface area contributed by atoms with Crippen molar-refractivity contribution in [3.8, 4) is 5.19 Å². The number of nitrogens with zero attached hydrogens (tertiary/aromatic N) is 1. The first-order chi connectivity index (χ1) is 8.19. The lowest BCUT2D eigenvalue weighted by atomic mass is 10.4. The predicted molar refractivity (Wildman–Crippen MR) is 64.6 cm³/mol. The minimum atomic E-state index is -0.509. The smallest absolute Gasteiger partial charge is 0.354 e. The molecule has 0 aromatic carbocycles. The molecule has 0 unspecified atom stereocenters. The molecule has 1 heterocycles. The third kappa shape index (κ3) is 3.45. The fourth-order valence-electron chi connectivity index (χ4n) is 1.15. The first-order valence-electron chi connectivity index (χ1n) is 5.46. The number of ether oxygens (including phenoxy) is 2. The first-order valence-corrected chi connectivity index (χ1v) is 6.27. The standard InChI is InChI=1S/C11H14N2O3S/c1-2-15-10(14)9(12)5-8-6-13-11(17-8)16-7-3-4-7/h5-7H,2-4,12H2,1H3/b9-5-. The van der Waals surface area contributed by atoms with Gasteiger partial charge in [0.05, 0.1) is 11.5 Å². The van der Waals surface area contributed by atoms with Crippen LogP contribution in [0.5, 0.6) is 5.19 Å². The van der Waals surface area contributed by atoms with E-state index in [4.69, 9.17) is 15.2 Å². The maximum atomic E-state index is 11.3. The molecule has 1 aliphatic rings. The summed E-state index contributed by atoms with van der Waals surface area (Å²) in [6, 6.07) is 0. The number of aromatic nitrogens is 1. The lowest BCUT2D eigenvalue weighted by molar-refractivity contribution is -0.138. The van der Waals surface area contributed by atoms with Crippen LogP contribution in [0.25, 0.3) is 6.08 Å². The van der Waals surface area contributed by atoms with Gasteiger partial charge in [0, 0.05) is 6.20 Å². The summed E-state index contributed by atoms with van der Waals surface area (Å²) in [5.41, 5.74) is 5.66. The molecule has 2 rings (SSSR count). The zero-order valence-electron chi connectivity index (χ0n) is 9.51. The average molecular weight is 254 g/mol. The second kappa shape index (κ2) is 5.18. The van der Waals surface area contributed by atoms with E-state index in [1.54, 1.807) is 19.2 Å². The van der Waals surface area contributed by atoms with E-state index in [9.17, 15) is 4.79 Å². The quantitative estimate of drug-likeness (QED) is 0.637. The summed E-state index contributed by atoms with van der Waals surface area (Å²) >= 11 is 1.37. The number of hydrogen-bond acceptors (Lipinski definition) is 6. The van der Waals surface area contributed by atoms with Crippen LogP contribution in [0.1, 0.15) is 24.6 Å². The Hall–Kier alpha value is -1.56. The molecule has 1 aromatic heterocycles. The molecule has 1 fully saturated rings. The average Bonchev–Trinajstić information content (AvgIpc) is 2.99.